The molecule has 52 valence electrons. The molecule has 0 fully saturated rings. The van der Waals surface area contributed by atoms with Crippen molar-refractivity contribution >= 4 is 0 Å². The van der Waals surface area contributed by atoms with Gasteiger partial charge in [0.15, 0.2) is 0 Å². The molecule has 0 aromatic carbocycles. The van der Waals surface area contributed by atoms with Crippen molar-refractivity contribution in [2.75, 3.05) is 7.05 Å². The predicted octanol–water partition coefficient (Wildman–Crippen LogP) is 1.88. The topological polar surface area (TPSA) is 48.2 Å². The molecule has 0 heterocycles. The molecule has 0 atom stereocenters. The molecule has 3 nitrogen and oxygen atoms in total. The van der Waals surface area contributed by atoms with Crippen molar-refractivity contribution in [3.8, 4) is 0 Å². The van der Waals surface area contributed by atoms with Gasteiger partial charge in [0.2, 0.25) is 0 Å². The van der Waals surface area contributed by atoms with E-state index in [1.165, 1.54) is 0 Å². The van der Waals surface area contributed by atoms with E-state index in [4.69, 9.17) is 5.53 Å². The van der Waals surface area contributed by atoms with Crippen LogP contribution in [0.25, 0.3) is 0 Å². The Kier molecular flexibility index (Phi) is 4.78. The molecule has 0 aromatic rings. The molecule has 0 unspecified atom stereocenters. The average molecular weight is 127 g/mol. The van der Waals surface area contributed by atoms with E-state index in [1.807, 2.05) is 0 Å². The fourth-order valence-corrected chi connectivity index (χ4v) is 0.583. The summed E-state index contributed by atoms with van der Waals surface area (Å²) in [6.45, 7) is 2.06. The summed E-state index contributed by atoms with van der Waals surface area (Å²) in [4.78, 5) is 0. The van der Waals surface area contributed by atoms with Gasteiger partial charge < -0.3 is 5.32 Å². The predicted molar refractivity (Wildman–Crippen MR) is 37.2 cm³/mol. The molecule has 0 radical (unpaired) electrons. The molecule has 9 heavy (non-hydrogen) atoms. The first-order chi connectivity index (χ1) is 4.35. The smallest absolute Gasteiger partial charge is 0.0779 e. The summed E-state index contributed by atoms with van der Waals surface area (Å²) in [5.74, 6) is 0. The number of hydrogen-bond donors (Lipinski definition) is 2. The molecule has 0 rings (SSSR count). The number of allylic oxidation sites excluding steroid dienone is 1. The van der Waals surface area contributed by atoms with Crippen molar-refractivity contribution in [3.63, 3.8) is 0 Å². The Morgan fingerprint density at radius 1 is 1.78 bits per heavy atom. The summed E-state index contributed by atoms with van der Waals surface area (Å²) < 4.78 is 0. The highest BCUT2D eigenvalue weighted by molar-refractivity contribution is 4.95. The number of nitrogens with one attached hydrogen (secondary N) is 2. The largest absolute Gasteiger partial charge is 0.392 e. The Morgan fingerprint density at radius 2 is 2.44 bits per heavy atom. The number of nitrogens with zero attached hydrogens (tertiary/aromatic N) is 1. The zero-order valence-electron chi connectivity index (χ0n) is 5.94. The van der Waals surface area contributed by atoms with Gasteiger partial charge in [-0.3, -0.25) is 0 Å². The summed E-state index contributed by atoms with van der Waals surface area (Å²) in [5, 5.41) is 6.14. The van der Waals surface area contributed by atoms with Gasteiger partial charge in [-0.05, 0) is 6.42 Å². The molecular formula is C6H13N3. The summed E-state index contributed by atoms with van der Waals surface area (Å²) in [7, 11) is 1.81. The van der Waals surface area contributed by atoms with E-state index in [-0.39, 0.29) is 0 Å². The van der Waals surface area contributed by atoms with Crippen LogP contribution in [0.1, 0.15) is 19.8 Å². The van der Waals surface area contributed by atoms with Gasteiger partial charge in [0.1, 0.15) is 0 Å². The first-order valence-electron chi connectivity index (χ1n) is 3.09. The molecule has 0 saturated heterocycles. The average Bonchev–Trinajstić information content (AvgIpc) is 1.88. The van der Waals surface area contributed by atoms with Gasteiger partial charge in [-0.1, -0.05) is 13.3 Å². The highest BCUT2D eigenvalue weighted by Crippen LogP contribution is 2.02. The van der Waals surface area contributed by atoms with E-state index in [2.05, 4.69) is 17.4 Å². The van der Waals surface area contributed by atoms with E-state index >= 15 is 0 Å². The minimum absolute atomic E-state index is 0.806. The Morgan fingerprint density at radius 3 is 2.78 bits per heavy atom. The monoisotopic (exact) mass is 127 g/mol. The lowest BCUT2D eigenvalue weighted by Gasteiger charge is -1.94. The maximum absolute atomic E-state index is 6.68. The molecule has 0 aromatic heterocycles. The van der Waals surface area contributed by atoms with Gasteiger partial charge in [0.05, 0.1) is 5.70 Å². The second-order valence-electron chi connectivity index (χ2n) is 1.79. The van der Waals surface area contributed by atoms with Crippen LogP contribution in [0, 0.1) is 5.53 Å². The molecule has 2 N–H and O–H groups in total. The minimum atomic E-state index is 0.806. The van der Waals surface area contributed by atoms with Crippen LogP contribution in [0.3, 0.4) is 0 Å². The van der Waals surface area contributed by atoms with Crippen molar-refractivity contribution in [2.24, 2.45) is 5.11 Å². The lowest BCUT2D eigenvalue weighted by molar-refractivity contribution is 0.838. The molecular weight excluding hydrogens is 114 g/mol. The highest BCUT2D eigenvalue weighted by atomic mass is 15.0. The lowest BCUT2D eigenvalue weighted by Crippen LogP contribution is -1.94. The second-order valence-corrected chi connectivity index (χ2v) is 1.79. The zero-order valence-corrected chi connectivity index (χ0v) is 5.94. The van der Waals surface area contributed by atoms with Crippen molar-refractivity contribution in [1.29, 1.82) is 5.53 Å². The molecule has 0 aliphatic carbocycles. The van der Waals surface area contributed by atoms with Gasteiger partial charge in [0.25, 0.3) is 0 Å². The van der Waals surface area contributed by atoms with Crippen molar-refractivity contribution < 1.29 is 0 Å². The molecule has 0 aliphatic rings. The zero-order chi connectivity index (χ0) is 7.11. The van der Waals surface area contributed by atoms with Crippen LogP contribution in [0.2, 0.25) is 0 Å². The van der Waals surface area contributed by atoms with Crippen LogP contribution in [-0.4, -0.2) is 7.05 Å². The quantitative estimate of drug-likeness (QED) is 0.556. The Hall–Kier alpha value is -0.860. The van der Waals surface area contributed by atoms with Gasteiger partial charge in [-0.2, -0.15) is 5.11 Å². The lowest BCUT2D eigenvalue weighted by atomic mass is 10.3. The fourth-order valence-electron chi connectivity index (χ4n) is 0.583. The maximum Gasteiger partial charge on any atom is 0.0779 e. The third-order valence-electron chi connectivity index (χ3n) is 0.961. The molecule has 3 heteroatoms. The summed E-state index contributed by atoms with van der Waals surface area (Å²) in [6.07, 6.45) is 3.66. The maximum atomic E-state index is 6.68. The van der Waals surface area contributed by atoms with Crippen LogP contribution >= 0.6 is 0 Å². The third-order valence-corrected chi connectivity index (χ3v) is 0.961. The standard InChI is InChI=1S/C6H13N3/c1-3-4-6(9-7)5-8-2/h5,7-8H,3-4H2,1-2H3/b6-5-,9-7?. The van der Waals surface area contributed by atoms with Gasteiger partial charge in [0, 0.05) is 13.2 Å². The van der Waals surface area contributed by atoms with E-state index < -0.39 is 0 Å². The summed E-state index contributed by atoms with van der Waals surface area (Å²) >= 11 is 0. The van der Waals surface area contributed by atoms with Crippen LogP contribution in [0.4, 0.5) is 0 Å². The van der Waals surface area contributed by atoms with E-state index in [1.54, 1.807) is 13.2 Å². The molecule has 0 bridgehead atoms. The van der Waals surface area contributed by atoms with E-state index in [0.717, 1.165) is 18.5 Å². The van der Waals surface area contributed by atoms with Crippen LogP contribution in [-0.2, 0) is 0 Å². The first kappa shape index (κ1) is 8.14. The van der Waals surface area contributed by atoms with Gasteiger partial charge in [-0.15, -0.1) is 0 Å². The fraction of sp³-hybridized carbons (Fsp3) is 0.667. The Labute approximate surface area is 55.7 Å². The normalized spacial score (nSPS) is 11.1. The number of hydrogen-bond acceptors (Lipinski definition) is 3. The first-order valence-corrected chi connectivity index (χ1v) is 3.09. The van der Waals surface area contributed by atoms with Gasteiger partial charge >= 0.3 is 0 Å². The third kappa shape index (κ3) is 3.70. The minimum Gasteiger partial charge on any atom is -0.392 e. The Balaban J connectivity index is 3.66. The molecule has 0 spiro atoms. The van der Waals surface area contributed by atoms with E-state index in [0.29, 0.717) is 0 Å². The highest BCUT2D eigenvalue weighted by Gasteiger charge is 1.88. The van der Waals surface area contributed by atoms with Crippen molar-refractivity contribution in [1.82, 2.24) is 5.32 Å². The van der Waals surface area contributed by atoms with Gasteiger partial charge in [-0.25, -0.2) is 5.53 Å². The molecule has 0 saturated carbocycles. The molecule has 0 amide bonds. The van der Waals surface area contributed by atoms with Crippen molar-refractivity contribution in [3.05, 3.63) is 11.9 Å². The summed E-state index contributed by atoms with van der Waals surface area (Å²) in [5.41, 5.74) is 7.49. The summed E-state index contributed by atoms with van der Waals surface area (Å²) in [6, 6.07) is 0. The van der Waals surface area contributed by atoms with E-state index in [9.17, 15) is 0 Å². The number of rotatable bonds is 4. The SMILES string of the molecule is CCC/C(=C/NC)N=N. The Bertz CT molecular complexity index is 107. The van der Waals surface area contributed by atoms with Crippen molar-refractivity contribution in [2.45, 2.75) is 19.8 Å². The molecule has 0 aliphatic heterocycles. The second kappa shape index (κ2) is 5.28. The van der Waals surface area contributed by atoms with Crippen LogP contribution in [0.5, 0.6) is 0 Å². The van der Waals surface area contributed by atoms with Crippen LogP contribution < -0.4 is 5.32 Å². The van der Waals surface area contributed by atoms with Crippen LogP contribution in [0.15, 0.2) is 17.0 Å².